The van der Waals surface area contributed by atoms with E-state index in [1.165, 1.54) is 34.7 Å². The average molecular weight is 347 g/mol. The molecular formula is C19H22FNO2S. The Morgan fingerprint density at radius 2 is 1.83 bits per heavy atom. The zero-order valence-electron chi connectivity index (χ0n) is 13.9. The molecule has 24 heavy (non-hydrogen) atoms. The van der Waals surface area contributed by atoms with Gasteiger partial charge in [-0.3, -0.25) is 4.79 Å². The summed E-state index contributed by atoms with van der Waals surface area (Å²) in [7, 11) is 0. The van der Waals surface area contributed by atoms with Crippen LogP contribution in [0.2, 0.25) is 0 Å². The van der Waals surface area contributed by atoms with Crippen LogP contribution in [-0.4, -0.2) is 24.3 Å². The lowest BCUT2D eigenvalue weighted by molar-refractivity contribution is -0.127. The van der Waals surface area contributed by atoms with Crippen molar-refractivity contribution < 1.29 is 13.9 Å². The molecule has 5 heteroatoms. The third kappa shape index (κ3) is 5.89. The molecule has 2 rings (SSSR count). The van der Waals surface area contributed by atoms with E-state index in [9.17, 15) is 9.18 Å². The number of hydrogen-bond acceptors (Lipinski definition) is 3. The minimum Gasteiger partial charge on any atom is -0.481 e. The van der Waals surface area contributed by atoms with Crippen LogP contribution in [0.1, 0.15) is 18.9 Å². The van der Waals surface area contributed by atoms with E-state index >= 15 is 0 Å². The molecule has 128 valence electrons. The number of halogens is 1. The monoisotopic (exact) mass is 347 g/mol. The molecule has 0 spiro atoms. The molecule has 0 saturated heterocycles. The van der Waals surface area contributed by atoms with E-state index in [2.05, 4.69) is 36.5 Å². The van der Waals surface area contributed by atoms with E-state index in [0.717, 1.165) is 5.75 Å². The van der Waals surface area contributed by atoms with Crippen LogP contribution in [0.5, 0.6) is 5.75 Å². The second kappa shape index (κ2) is 9.33. The zero-order chi connectivity index (χ0) is 17.4. The molecule has 0 aliphatic rings. The molecule has 0 aromatic heterocycles. The quantitative estimate of drug-likeness (QED) is 0.574. The molecule has 0 radical (unpaired) electrons. The highest BCUT2D eigenvalue weighted by atomic mass is 32.2. The van der Waals surface area contributed by atoms with E-state index in [1.54, 1.807) is 11.8 Å². The molecule has 2 aromatic rings. The standard InChI is InChI=1S/C19H22FNO2S/c1-3-18(23-16-8-6-15(20)7-9-16)19(22)21-12-13-24-17-10-4-14(2)5-11-17/h4-11,18H,3,12-13H2,1-2H3,(H,21,22)/t18-/m1/s1. The summed E-state index contributed by atoms with van der Waals surface area (Å²) in [6.45, 7) is 4.51. The van der Waals surface area contributed by atoms with E-state index in [0.29, 0.717) is 18.7 Å². The van der Waals surface area contributed by atoms with Crippen molar-refractivity contribution in [3.63, 3.8) is 0 Å². The number of hydrogen-bond donors (Lipinski definition) is 1. The van der Waals surface area contributed by atoms with Crippen molar-refractivity contribution in [2.45, 2.75) is 31.3 Å². The lowest BCUT2D eigenvalue weighted by atomic mass is 10.2. The smallest absolute Gasteiger partial charge is 0.261 e. The van der Waals surface area contributed by atoms with Gasteiger partial charge in [-0.05, 0) is 49.7 Å². The van der Waals surface area contributed by atoms with Gasteiger partial charge >= 0.3 is 0 Å². The van der Waals surface area contributed by atoms with Gasteiger partial charge < -0.3 is 10.1 Å². The largest absolute Gasteiger partial charge is 0.481 e. The van der Waals surface area contributed by atoms with Gasteiger partial charge in [-0.1, -0.05) is 24.6 Å². The second-order valence-electron chi connectivity index (χ2n) is 5.42. The summed E-state index contributed by atoms with van der Waals surface area (Å²) in [4.78, 5) is 13.4. The molecule has 1 amide bonds. The second-order valence-corrected chi connectivity index (χ2v) is 6.59. The molecular weight excluding hydrogens is 325 g/mol. The number of aryl methyl sites for hydroxylation is 1. The van der Waals surface area contributed by atoms with Crippen LogP contribution in [-0.2, 0) is 4.79 Å². The lowest BCUT2D eigenvalue weighted by Gasteiger charge is -2.17. The molecule has 1 N–H and O–H groups in total. The fraction of sp³-hybridized carbons (Fsp3) is 0.316. The van der Waals surface area contributed by atoms with Gasteiger partial charge in [0.25, 0.3) is 5.91 Å². The first-order valence-corrected chi connectivity index (χ1v) is 8.96. The fourth-order valence-corrected chi connectivity index (χ4v) is 2.86. The van der Waals surface area contributed by atoms with Gasteiger partial charge in [0.1, 0.15) is 11.6 Å². The van der Waals surface area contributed by atoms with Crippen molar-refractivity contribution >= 4 is 17.7 Å². The third-order valence-electron chi connectivity index (χ3n) is 3.45. The van der Waals surface area contributed by atoms with Crippen molar-refractivity contribution in [3.05, 3.63) is 59.9 Å². The minimum absolute atomic E-state index is 0.147. The maximum absolute atomic E-state index is 12.9. The summed E-state index contributed by atoms with van der Waals surface area (Å²) in [5.41, 5.74) is 1.23. The van der Waals surface area contributed by atoms with E-state index in [4.69, 9.17) is 4.74 Å². The Kier molecular flexibility index (Phi) is 7.12. The first-order chi connectivity index (χ1) is 11.6. The van der Waals surface area contributed by atoms with Crippen molar-refractivity contribution in [3.8, 4) is 5.75 Å². The Morgan fingerprint density at radius 1 is 1.17 bits per heavy atom. The van der Waals surface area contributed by atoms with Crippen LogP contribution in [0.25, 0.3) is 0 Å². The summed E-state index contributed by atoms with van der Waals surface area (Å²) < 4.78 is 18.5. The van der Waals surface area contributed by atoms with Crippen molar-refractivity contribution in [2.75, 3.05) is 12.3 Å². The van der Waals surface area contributed by atoms with Gasteiger partial charge in [0.2, 0.25) is 0 Å². The van der Waals surface area contributed by atoms with Gasteiger partial charge in [0.15, 0.2) is 6.10 Å². The number of amides is 1. The molecule has 0 bridgehead atoms. The van der Waals surface area contributed by atoms with Crippen LogP contribution < -0.4 is 10.1 Å². The van der Waals surface area contributed by atoms with Gasteiger partial charge in [-0.15, -0.1) is 11.8 Å². The van der Waals surface area contributed by atoms with Crippen molar-refractivity contribution in [1.29, 1.82) is 0 Å². The summed E-state index contributed by atoms with van der Waals surface area (Å²) in [6, 6.07) is 14.0. The van der Waals surface area contributed by atoms with Crippen LogP contribution in [0.3, 0.4) is 0 Å². The van der Waals surface area contributed by atoms with Gasteiger partial charge in [-0.25, -0.2) is 4.39 Å². The van der Waals surface area contributed by atoms with Gasteiger partial charge in [0.05, 0.1) is 0 Å². The number of carbonyl (C=O) groups excluding carboxylic acids is 1. The first kappa shape index (κ1) is 18.3. The summed E-state index contributed by atoms with van der Waals surface area (Å²) in [6.07, 6.45) is -0.0197. The molecule has 3 nitrogen and oxygen atoms in total. The Bertz CT molecular complexity index is 643. The predicted molar refractivity (Wildman–Crippen MR) is 96.0 cm³/mol. The molecule has 0 fully saturated rings. The number of ether oxygens (including phenoxy) is 1. The highest BCUT2D eigenvalue weighted by Gasteiger charge is 2.17. The van der Waals surface area contributed by atoms with E-state index in [1.807, 2.05) is 6.92 Å². The Labute approximate surface area is 146 Å². The van der Waals surface area contributed by atoms with Crippen molar-refractivity contribution in [1.82, 2.24) is 5.32 Å². The van der Waals surface area contributed by atoms with Gasteiger partial charge in [-0.2, -0.15) is 0 Å². The highest BCUT2D eigenvalue weighted by molar-refractivity contribution is 7.99. The maximum Gasteiger partial charge on any atom is 0.261 e. The topological polar surface area (TPSA) is 38.3 Å². The molecule has 0 aliphatic carbocycles. The molecule has 0 saturated carbocycles. The predicted octanol–water partition coefficient (Wildman–Crippen LogP) is 4.20. The third-order valence-corrected chi connectivity index (χ3v) is 4.46. The van der Waals surface area contributed by atoms with Crippen LogP contribution in [0.15, 0.2) is 53.4 Å². The number of benzene rings is 2. The maximum atomic E-state index is 12.9. The highest BCUT2D eigenvalue weighted by Crippen LogP contribution is 2.18. The number of rotatable bonds is 8. The van der Waals surface area contributed by atoms with E-state index < -0.39 is 6.10 Å². The fourth-order valence-electron chi connectivity index (χ4n) is 2.09. The van der Waals surface area contributed by atoms with Gasteiger partial charge in [0, 0.05) is 17.2 Å². The molecule has 0 aliphatic heterocycles. The Hall–Kier alpha value is -2.01. The van der Waals surface area contributed by atoms with Crippen LogP contribution in [0.4, 0.5) is 4.39 Å². The summed E-state index contributed by atoms with van der Waals surface area (Å²) >= 11 is 1.70. The molecule has 1 atom stereocenters. The Morgan fingerprint density at radius 3 is 2.46 bits per heavy atom. The number of nitrogens with one attached hydrogen (secondary N) is 1. The first-order valence-electron chi connectivity index (χ1n) is 7.98. The summed E-state index contributed by atoms with van der Waals surface area (Å²) in [5.74, 6) is 0.814. The SMILES string of the molecule is CC[C@@H](Oc1ccc(F)cc1)C(=O)NCCSc1ccc(C)cc1. The normalized spacial score (nSPS) is 11.8. The van der Waals surface area contributed by atoms with Crippen LogP contribution in [0, 0.1) is 12.7 Å². The molecule has 0 unspecified atom stereocenters. The van der Waals surface area contributed by atoms with Crippen molar-refractivity contribution in [2.24, 2.45) is 0 Å². The number of carbonyl (C=O) groups is 1. The molecule has 0 heterocycles. The molecule has 2 aromatic carbocycles. The minimum atomic E-state index is -0.570. The van der Waals surface area contributed by atoms with Crippen LogP contribution >= 0.6 is 11.8 Å². The summed E-state index contributed by atoms with van der Waals surface area (Å²) in [5, 5.41) is 2.89. The number of thioether (sulfide) groups is 1. The Balaban J connectivity index is 1.75. The average Bonchev–Trinajstić information content (AvgIpc) is 2.59. The lowest BCUT2D eigenvalue weighted by Crippen LogP contribution is -2.39. The van der Waals surface area contributed by atoms with E-state index in [-0.39, 0.29) is 11.7 Å². The zero-order valence-corrected chi connectivity index (χ0v) is 14.7.